The van der Waals surface area contributed by atoms with Crippen LogP contribution in [0.15, 0.2) is 12.1 Å². The van der Waals surface area contributed by atoms with Crippen LogP contribution in [0.25, 0.3) is 0 Å². The lowest BCUT2D eigenvalue weighted by atomic mass is 10.0. The largest absolute Gasteiger partial charge is 0.490 e. The number of carbonyl (C=O) groups is 1. The summed E-state index contributed by atoms with van der Waals surface area (Å²) < 4.78 is 10.6. The second-order valence-electron chi connectivity index (χ2n) is 5.09. The molecule has 0 saturated heterocycles. The summed E-state index contributed by atoms with van der Waals surface area (Å²) in [5.74, 6) is 0.494. The van der Waals surface area contributed by atoms with Gasteiger partial charge in [0.2, 0.25) is 0 Å². The lowest BCUT2D eigenvalue weighted by Gasteiger charge is -2.27. The number of hydrogen-bond donors (Lipinski definition) is 1. The van der Waals surface area contributed by atoms with Gasteiger partial charge in [0.05, 0.1) is 7.11 Å². The van der Waals surface area contributed by atoms with Crippen LogP contribution < -0.4 is 10.1 Å². The molecule has 0 saturated carbocycles. The maximum absolute atomic E-state index is 11.7. The van der Waals surface area contributed by atoms with Gasteiger partial charge in [0, 0.05) is 0 Å². The molecule has 0 aliphatic heterocycles. The van der Waals surface area contributed by atoms with Crippen LogP contribution in [0.5, 0.6) is 5.75 Å². The quantitative estimate of drug-likeness (QED) is 0.829. The highest BCUT2D eigenvalue weighted by atomic mass is 16.5. The minimum absolute atomic E-state index is 0.223. The van der Waals surface area contributed by atoms with Gasteiger partial charge >= 0.3 is 5.97 Å². The van der Waals surface area contributed by atoms with E-state index in [1.165, 1.54) is 12.7 Å². The Morgan fingerprint density at radius 3 is 2.21 bits per heavy atom. The zero-order valence-electron chi connectivity index (χ0n) is 12.6. The molecule has 0 aliphatic rings. The molecule has 4 heteroatoms. The molecule has 0 aliphatic carbocycles. The first-order valence-electron chi connectivity index (χ1n) is 6.32. The van der Waals surface area contributed by atoms with Gasteiger partial charge in [-0.05, 0) is 45.9 Å². The van der Waals surface area contributed by atoms with Crippen LogP contribution in [0.1, 0.15) is 23.6 Å². The molecule has 1 aromatic carbocycles. The first kappa shape index (κ1) is 15.5. The summed E-state index contributed by atoms with van der Waals surface area (Å²) in [6.07, 6.45) is 0. The van der Waals surface area contributed by atoms with Crippen LogP contribution in [0.2, 0.25) is 0 Å². The topological polar surface area (TPSA) is 47.6 Å². The molecule has 0 bridgehead atoms. The molecule has 1 rings (SSSR count). The van der Waals surface area contributed by atoms with Crippen molar-refractivity contribution in [1.29, 1.82) is 0 Å². The number of likely N-dealkylation sites (N-methyl/N-ethyl adjacent to an activating group) is 1. The molecule has 0 heterocycles. The molecule has 1 N–H and O–H groups in total. The Hall–Kier alpha value is -1.55. The Labute approximate surface area is 115 Å². The predicted octanol–water partition coefficient (Wildman–Crippen LogP) is 2.14. The summed E-state index contributed by atoms with van der Waals surface area (Å²) >= 11 is 0. The van der Waals surface area contributed by atoms with Gasteiger partial charge in [-0.1, -0.05) is 17.7 Å². The summed E-state index contributed by atoms with van der Waals surface area (Å²) in [6.45, 7) is 8.04. The number of esters is 1. The van der Waals surface area contributed by atoms with E-state index in [1.54, 1.807) is 14.0 Å². The lowest BCUT2D eigenvalue weighted by Crippen LogP contribution is -2.53. The zero-order valence-corrected chi connectivity index (χ0v) is 12.6. The molecule has 1 unspecified atom stereocenters. The molecule has 0 fully saturated rings. The number of aryl methyl sites for hydroxylation is 3. The highest BCUT2D eigenvalue weighted by Crippen LogP contribution is 2.25. The Kier molecular flexibility index (Phi) is 4.95. The van der Waals surface area contributed by atoms with E-state index in [1.807, 2.05) is 13.8 Å². The van der Waals surface area contributed by atoms with Crippen molar-refractivity contribution in [3.63, 3.8) is 0 Å². The highest BCUT2D eigenvalue weighted by molar-refractivity contribution is 5.80. The van der Waals surface area contributed by atoms with Crippen LogP contribution in [0.4, 0.5) is 0 Å². The van der Waals surface area contributed by atoms with Crippen molar-refractivity contribution in [3.8, 4) is 5.75 Å². The normalized spacial score (nSPS) is 13.8. The maximum Gasteiger partial charge on any atom is 0.329 e. The van der Waals surface area contributed by atoms with Crippen LogP contribution in [-0.2, 0) is 9.53 Å². The van der Waals surface area contributed by atoms with E-state index in [4.69, 9.17) is 9.47 Å². The van der Waals surface area contributed by atoms with E-state index in [0.717, 1.165) is 16.9 Å². The molecule has 0 amide bonds. The van der Waals surface area contributed by atoms with Crippen LogP contribution >= 0.6 is 0 Å². The fourth-order valence-electron chi connectivity index (χ4n) is 2.07. The van der Waals surface area contributed by atoms with E-state index in [2.05, 4.69) is 24.4 Å². The van der Waals surface area contributed by atoms with Gasteiger partial charge in [-0.15, -0.1) is 0 Å². The number of carbonyl (C=O) groups excluding carboxylic acids is 1. The summed E-state index contributed by atoms with van der Waals surface area (Å²) in [4.78, 5) is 11.7. The van der Waals surface area contributed by atoms with E-state index < -0.39 is 5.54 Å². The Balaban J connectivity index is 2.90. The minimum Gasteiger partial charge on any atom is -0.490 e. The fourth-order valence-corrected chi connectivity index (χ4v) is 2.07. The van der Waals surface area contributed by atoms with Crippen LogP contribution in [0.3, 0.4) is 0 Å². The predicted molar refractivity (Wildman–Crippen MR) is 75.6 cm³/mol. The fraction of sp³-hybridized carbons (Fsp3) is 0.533. The molecule has 19 heavy (non-hydrogen) atoms. The number of hydrogen-bond acceptors (Lipinski definition) is 4. The Morgan fingerprint density at radius 2 is 1.79 bits per heavy atom. The Morgan fingerprint density at radius 1 is 1.26 bits per heavy atom. The zero-order chi connectivity index (χ0) is 14.6. The third-order valence-corrected chi connectivity index (χ3v) is 3.30. The van der Waals surface area contributed by atoms with E-state index in [-0.39, 0.29) is 12.6 Å². The molecule has 4 nitrogen and oxygen atoms in total. The number of ether oxygens (including phenoxy) is 2. The summed E-state index contributed by atoms with van der Waals surface area (Å²) in [5.41, 5.74) is 2.49. The van der Waals surface area contributed by atoms with Crippen molar-refractivity contribution in [3.05, 3.63) is 28.8 Å². The molecule has 1 aromatic rings. The molecule has 106 valence electrons. The molecule has 0 aromatic heterocycles. The van der Waals surface area contributed by atoms with Crippen LogP contribution in [-0.4, -0.2) is 32.3 Å². The van der Waals surface area contributed by atoms with Gasteiger partial charge in [0.1, 0.15) is 17.9 Å². The van der Waals surface area contributed by atoms with Crippen molar-refractivity contribution in [2.75, 3.05) is 20.8 Å². The summed E-state index contributed by atoms with van der Waals surface area (Å²) in [6, 6.07) is 4.13. The van der Waals surface area contributed by atoms with Gasteiger partial charge in [0.25, 0.3) is 0 Å². The van der Waals surface area contributed by atoms with E-state index >= 15 is 0 Å². The molecule has 0 radical (unpaired) electrons. The van der Waals surface area contributed by atoms with Crippen molar-refractivity contribution in [1.82, 2.24) is 5.32 Å². The third kappa shape index (κ3) is 3.47. The molecule has 0 spiro atoms. The monoisotopic (exact) mass is 265 g/mol. The van der Waals surface area contributed by atoms with Crippen molar-refractivity contribution in [2.45, 2.75) is 33.2 Å². The number of rotatable bonds is 5. The van der Waals surface area contributed by atoms with E-state index in [9.17, 15) is 4.79 Å². The lowest BCUT2D eigenvalue weighted by molar-refractivity contribution is -0.148. The minimum atomic E-state index is -0.849. The maximum atomic E-state index is 11.7. The number of methoxy groups -OCH3 is 1. The van der Waals surface area contributed by atoms with Crippen molar-refractivity contribution in [2.24, 2.45) is 0 Å². The number of nitrogens with one attached hydrogen (secondary N) is 1. The molecular formula is C15H23NO3. The molecular weight excluding hydrogens is 242 g/mol. The van der Waals surface area contributed by atoms with Gasteiger partial charge in [-0.3, -0.25) is 0 Å². The van der Waals surface area contributed by atoms with Gasteiger partial charge < -0.3 is 14.8 Å². The summed E-state index contributed by atoms with van der Waals surface area (Å²) in [5, 5.41) is 2.95. The third-order valence-electron chi connectivity index (χ3n) is 3.30. The average Bonchev–Trinajstić information content (AvgIpc) is 2.36. The first-order chi connectivity index (χ1) is 8.84. The average molecular weight is 265 g/mol. The Bertz CT molecular complexity index is 447. The smallest absolute Gasteiger partial charge is 0.329 e. The van der Waals surface area contributed by atoms with Crippen molar-refractivity contribution < 1.29 is 14.3 Å². The van der Waals surface area contributed by atoms with Gasteiger partial charge in [0.15, 0.2) is 0 Å². The standard InChI is InChI=1S/C15H23NO3/c1-10-7-11(2)13(12(3)8-10)19-9-15(4,16-5)14(17)18-6/h7-8,16H,9H2,1-6H3. The SMILES string of the molecule is CNC(C)(COc1c(C)cc(C)cc1C)C(=O)OC. The summed E-state index contributed by atoms with van der Waals surface area (Å²) in [7, 11) is 3.09. The highest BCUT2D eigenvalue weighted by Gasteiger charge is 2.34. The number of benzene rings is 1. The van der Waals surface area contributed by atoms with Crippen molar-refractivity contribution >= 4 is 5.97 Å². The second-order valence-corrected chi connectivity index (χ2v) is 5.09. The first-order valence-corrected chi connectivity index (χ1v) is 6.32. The second kappa shape index (κ2) is 6.06. The van der Waals surface area contributed by atoms with Crippen LogP contribution in [0, 0.1) is 20.8 Å². The van der Waals surface area contributed by atoms with Gasteiger partial charge in [-0.2, -0.15) is 0 Å². The molecule has 1 atom stereocenters. The van der Waals surface area contributed by atoms with Gasteiger partial charge in [-0.25, -0.2) is 4.79 Å². The van der Waals surface area contributed by atoms with E-state index in [0.29, 0.717) is 0 Å².